The maximum absolute atomic E-state index is 5.33. The fourth-order valence-corrected chi connectivity index (χ4v) is 3.53. The molecule has 0 aromatic carbocycles. The molecule has 2 fully saturated rings. The summed E-state index contributed by atoms with van der Waals surface area (Å²) in [5, 5.41) is 3.66. The Kier molecular flexibility index (Phi) is 4.11. The van der Waals surface area contributed by atoms with E-state index in [4.69, 9.17) is 4.74 Å². The Hall–Kier alpha value is -0.120. The van der Waals surface area contributed by atoms with E-state index in [2.05, 4.69) is 31.0 Å². The summed E-state index contributed by atoms with van der Waals surface area (Å²) in [4.78, 5) is 2.62. The van der Waals surface area contributed by atoms with Crippen LogP contribution in [-0.2, 0) is 4.74 Å². The molecule has 0 amide bonds. The molecule has 0 aliphatic carbocycles. The van der Waals surface area contributed by atoms with Crippen LogP contribution in [0.4, 0.5) is 0 Å². The number of methoxy groups -OCH3 is 1. The van der Waals surface area contributed by atoms with Crippen molar-refractivity contribution in [1.29, 1.82) is 0 Å². The van der Waals surface area contributed by atoms with E-state index >= 15 is 0 Å². The standard InChI is InChI=1S/C14H28N2O/c1-11(2)16-6-5-12(9-16)13-7-14(3,10-17-4)15-8-13/h11-13,15H,5-10H2,1-4H3. The highest BCUT2D eigenvalue weighted by molar-refractivity contribution is 4.97. The number of ether oxygens (including phenoxy) is 1. The third kappa shape index (κ3) is 3.01. The van der Waals surface area contributed by atoms with Gasteiger partial charge in [0.2, 0.25) is 0 Å². The lowest BCUT2D eigenvalue weighted by atomic mass is 9.86. The van der Waals surface area contributed by atoms with Gasteiger partial charge in [-0.1, -0.05) is 0 Å². The zero-order valence-corrected chi connectivity index (χ0v) is 11.8. The highest BCUT2D eigenvalue weighted by Gasteiger charge is 2.40. The van der Waals surface area contributed by atoms with Crippen LogP contribution in [0.15, 0.2) is 0 Å². The first-order valence-corrected chi connectivity index (χ1v) is 7.02. The first-order valence-electron chi connectivity index (χ1n) is 7.02. The van der Waals surface area contributed by atoms with E-state index in [1.165, 1.54) is 32.5 Å². The Morgan fingerprint density at radius 1 is 1.41 bits per heavy atom. The van der Waals surface area contributed by atoms with Gasteiger partial charge in [-0.3, -0.25) is 0 Å². The van der Waals surface area contributed by atoms with Gasteiger partial charge in [-0.05, 0) is 58.5 Å². The van der Waals surface area contributed by atoms with Gasteiger partial charge in [0.05, 0.1) is 6.61 Å². The second-order valence-electron chi connectivity index (χ2n) is 6.48. The Morgan fingerprint density at radius 2 is 2.18 bits per heavy atom. The van der Waals surface area contributed by atoms with Crippen molar-refractivity contribution in [2.75, 3.05) is 33.4 Å². The van der Waals surface area contributed by atoms with E-state index in [1.807, 2.05) is 0 Å². The molecule has 2 rings (SSSR count). The summed E-state index contributed by atoms with van der Waals surface area (Å²) in [6.45, 7) is 11.5. The van der Waals surface area contributed by atoms with Gasteiger partial charge in [-0.2, -0.15) is 0 Å². The van der Waals surface area contributed by atoms with Crippen LogP contribution in [0.25, 0.3) is 0 Å². The zero-order chi connectivity index (χ0) is 12.5. The second-order valence-corrected chi connectivity index (χ2v) is 6.48. The van der Waals surface area contributed by atoms with Gasteiger partial charge < -0.3 is 15.0 Å². The number of rotatable bonds is 4. The lowest BCUT2D eigenvalue weighted by Crippen LogP contribution is -2.40. The summed E-state index contributed by atoms with van der Waals surface area (Å²) in [5.41, 5.74) is 0.213. The fourth-order valence-electron chi connectivity index (χ4n) is 3.53. The monoisotopic (exact) mass is 240 g/mol. The molecule has 2 saturated heterocycles. The van der Waals surface area contributed by atoms with Crippen LogP contribution in [-0.4, -0.2) is 49.8 Å². The van der Waals surface area contributed by atoms with Crippen molar-refractivity contribution in [2.24, 2.45) is 11.8 Å². The molecule has 0 radical (unpaired) electrons. The summed E-state index contributed by atoms with van der Waals surface area (Å²) < 4.78 is 5.33. The van der Waals surface area contributed by atoms with Gasteiger partial charge in [0.1, 0.15) is 0 Å². The molecule has 2 aliphatic rings. The van der Waals surface area contributed by atoms with E-state index in [0.29, 0.717) is 6.04 Å². The van der Waals surface area contributed by atoms with E-state index in [1.54, 1.807) is 7.11 Å². The minimum Gasteiger partial charge on any atom is -0.383 e. The number of hydrogen-bond acceptors (Lipinski definition) is 3. The van der Waals surface area contributed by atoms with Crippen LogP contribution in [0, 0.1) is 11.8 Å². The highest BCUT2D eigenvalue weighted by atomic mass is 16.5. The molecule has 3 heteroatoms. The lowest BCUT2D eigenvalue weighted by molar-refractivity contribution is 0.126. The molecule has 0 aromatic rings. The Labute approximate surface area is 106 Å². The molecule has 2 aliphatic heterocycles. The number of nitrogens with one attached hydrogen (secondary N) is 1. The molecular formula is C14H28N2O. The average Bonchev–Trinajstić information content (AvgIpc) is 2.84. The van der Waals surface area contributed by atoms with Crippen molar-refractivity contribution >= 4 is 0 Å². The summed E-state index contributed by atoms with van der Waals surface area (Å²) in [5.74, 6) is 1.74. The van der Waals surface area contributed by atoms with E-state index in [0.717, 1.165) is 18.4 Å². The SMILES string of the molecule is COCC1(C)CC(C2CCN(C(C)C)C2)CN1. The van der Waals surface area contributed by atoms with E-state index in [9.17, 15) is 0 Å². The van der Waals surface area contributed by atoms with Gasteiger partial charge >= 0.3 is 0 Å². The van der Waals surface area contributed by atoms with Crippen LogP contribution >= 0.6 is 0 Å². The summed E-state index contributed by atoms with van der Waals surface area (Å²) in [6.07, 6.45) is 2.66. The molecule has 3 atom stereocenters. The van der Waals surface area contributed by atoms with Crippen LogP contribution in [0.5, 0.6) is 0 Å². The van der Waals surface area contributed by atoms with Gasteiger partial charge in [-0.25, -0.2) is 0 Å². The first-order chi connectivity index (χ1) is 8.04. The molecular weight excluding hydrogens is 212 g/mol. The third-order valence-electron chi connectivity index (χ3n) is 4.62. The van der Waals surface area contributed by atoms with Gasteiger partial charge in [0, 0.05) is 25.2 Å². The Bertz CT molecular complexity index is 257. The maximum Gasteiger partial charge on any atom is 0.0641 e. The molecule has 0 spiro atoms. The summed E-state index contributed by atoms with van der Waals surface area (Å²) >= 11 is 0. The predicted octanol–water partition coefficient (Wildman–Crippen LogP) is 1.73. The Morgan fingerprint density at radius 3 is 2.76 bits per heavy atom. The van der Waals surface area contributed by atoms with Crippen molar-refractivity contribution < 1.29 is 4.74 Å². The van der Waals surface area contributed by atoms with E-state index in [-0.39, 0.29) is 5.54 Å². The quantitative estimate of drug-likeness (QED) is 0.810. The van der Waals surface area contributed by atoms with Gasteiger partial charge in [0.15, 0.2) is 0 Å². The van der Waals surface area contributed by atoms with Crippen molar-refractivity contribution in [3.63, 3.8) is 0 Å². The molecule has 0 aromatic heterocycles. The van der Waals surface area contributed by atoms with Crippen molar-refractivity contribution in [1.82, 2.24) is 10.2 Å². The number of nitrogens with zero attached hydrogens (tertiary/aromatic N) is 1. The van der Waals surface area contributed by atoms with Crippen LogP contribution in [0.1, 0.15) is 33.6 Å². The van der Waals surface area contributed by atoms with Gasteiger partial charge in [0.25, 0.3) is 0 Å². The van der Waals surface area contributed by atoms with E-state index < -0.39 is 0 Å². The highest BCUT2D eigenvalue weighted by Crippen LogP contribution is 2.34. The Balaban J connectivity index is 1.85. The lowest BCUT2D eigenvalue weighted by Gasteiger charge is -2.25. The maximum atomic E-state index is 5.33. The summed E-state index contributed by atoms with van der Waals surface area (Å²) in [6, 6.07) is 0.708. The summed E-state index contributed by atoms with van der Waals surface area (Å²) in [7, 11) is 1.80. The fraction of sp³-hybridized carbons (Fsp3) is 1.00. The third-order valence-corrected chi connectivity index (χ3v) is 4.62. The molecule has 0 saturated carbocycles. The average molecular weight is 240 g/mol. The minimum absolute atomic E-state index is 0.213. The smallest absolute Gasteiger partial charge is 0.0641 e. The zero-order valence-electron chi connectivity index (χ0n) is 11.8. The van der Waals surface area contributed by atoms with Crippen LogP contribution in [0.2, 0.25) is 0 Å². The normalized spacial score (nSPS) is 39.4. The van der Waals surface area contributed by atoms with Crippen LogP contribution in [0.3, 0.4) is 0 Å². The number of hydrogen-bond donors (Lipinski definition) is 1. The molecule has 17 heavy (non-hydrogen) atoms. The molecule has 100 valence electrons. The van der Waals surface area contributed by atoms with Gasteiger partial charge in [-0.15, -0.1) is 0 Å². The number of likely N-dealkylation sites (tertiary alicyclic amines) is 1. The minimum atomic E-state index is 0.213. The van der Waals surface area contributed by atoms with Crippen molar-refractivity contribution in [2.45, 2.75) is 45.2 Å². The second kappa shape index (κ2) is 5.25. The van der Waals surface area contributed by atoms with Crippen molar-refractivity contribution in [3.05, 3.63) is 0 Å². The largest absolute Gasteiger partial charge is 0.383 e. The van der Waals surface area contributed by atoms with Crippen molar-refractivity contribution in [3.8, 4) is 0 Å². The predicted molar refractivity (Wildman–Crippen MR) is 71.2 cm³/mol. The molecule has 2 heterocycles. The first kappa shape index (κ1) is 13.3. The molecule has 3 nitrogen and oxygen atoms in total. The molecule has 0 bridgehead atoms. The molecule has 3 unspecified atom stereocenters. The molecule has 1 N–H and O–H groups in total. The topological polar surface area (TPSA) is 24.5 Å². The van der Waals surface area contributed by atoms with Crippen LogP contribution < -0.4 is 5.32 Å².